The minimum atomic E-state index is -0.153. The third-order valence-corrected chi connectivity index (χ3v) is 4.68. The van der Waals surface area contributed by atoms with Gasteiger partial charge in [0.1, 0.15) is 0 Å². The largest absolute Gasteiger partial charge is 0.396 e. The van der Waals surface area contributed by atoms with Crippen LogP contribution in [-0.2, 0) is 13.5 Å². The van der Waals surface area contributed by atoms with E-state index < -0.39 is 0 Å². The molecule has 3 nitrogen and oxygen atoms in total. The van der Waals surface area contributed by atoms with Crippen molar-refractivity contribution in [2.45, 2.75) is 25.3 Å². The highest BCUT2D eigenvalue weighted by molar-refractivity contribution is 6.50. The number of aliphatic hydroxyl groups is 1. The predicted molar refractivity (Wildman–Crippen MR) is 90.9 cm³/mol. The molecule has 0 bridgehead atoms. The highest BCUT2D eigenvalue weighted by Gasteiger charge is 2.26. The summed E-state index contributed by atoms with van der Waals surface area (Å²) in [6, 6.07) is 8.15. The zero-order valence-corrected chi connectivity index (χ0v) is 13.5. The molecule has 1 unspecified atom stereocenters. The number of benzene rings is 1. The molecule has 0 saturated carbocycles. The Morgan fingerprint density at radius 1 is 1.33 bits per heavy atom. The first-order valence-electron chi connectivity index (χ1n) is 6.96. The zero-order valence-electron chi connectivity index (χ0n) is 12.0. The lowest BCUT2D eigenvalue weighted by molar-refractivity contribution is 0.280. The fraction of sp³-hybridized carbons (Fsp3) is 0.375. The van der Waals surface area contributed by atoms with Crippen LogP contribution in [0.5, 0.6) is 0 Å². The number of aliphatic hydroxyl groups excluding tert-OH is 1. The molecule has 5 heteroatoms. The van der Waals surface area contributed by atoms with E-state index in [9.17, 15) is 0 Å². The second-order valence-electron chi connectivity index (χ2n) is 5.36. The van der Waals surface area contributed by atoms with Gasteiger partial charge in [-0.25, -0.2) is 0 Å². The molecule has 1 aromatic carbocycles. The molecule has 2 aromatic rings. The number of fused-ring (bicyclic) bond motifs is 3. The quantitative estimate of drug-likeness (QED) is 0.909. The monoisotopic (exact) mass is 326 g/mol. The smallest absolute Gasteiger partial charge is 0.0510 e. The third-order valence-electron chi connectivity index (χ3n) is 4.25. The second-order valence-corrected chi connectivity index (χ2v) is 5.73. The number of para-hydroxylation sites is 1. The Bertz CT molecular complexity index is 691. The van der Waals surface area contributed by atoms with Crippen molar-refractivity contribution < 1.29 is 5.11 Å². The SMILES string of the molecule is Cl.Cn1c2c(c3ccccc31)C(Cl)=C(C(N)CCO)CC2. The molecule has 3 rings (SSSR count). The molecule has 0 amide bonds. The first-order chi connectivity index (χ1) is 9.65. The fourth-order valence-corrected chi connectivity index (χ4v) is 3.61. The molecule has 21 heavy (non-hydrogen) atoms. The summed E-state index contributed by atoms with van der Waals surface area (Å²) in [7, 11) is 2.09. The van der Waals surface area contributed by atoms with E-state index in [1.807, 2.05) is 12.1 Å². The second kappa shape index (κ2) is 6.41. The van der Waals surface area contributed by atoms with Crippen LogP contribution in [0.2, 0.25) is 0 Å². The lowest BCUT2D eigenvalue weighted by atomic mass is 9.90. The fourth-order valence-electron chi connectivity index (χ4n) is 3.17. The number of rotatable bonds is 3. The summed E-state index contributed by atoms with van der Waals surface area (Å²) >= 11 is 6.64. The summed E-state index contributed by atoms with van der Waals surface area (Å²) < 4.78 is 2.22. The zero-order chi connectivity index (χ0) is 14.3. The van der Waals surface area contributed by atoms with Gasteiger partial charge in [-0.3, -0.25) is 0 Å². The minimum Gasteiger partial charge on any atom is -0.396 e. The summed E-state index contributed by atoms with van der Waals surface area (Å²) in [5.74, 6) is 0. The van der Waals surface area contributed by atoms with Crippen molar-refractivity contribution in [1.82, 2.24) is 4.57 Å². The summed E-state index contributed by atoms with van der Waals surface area (Å²) in [5, 5.41) is 11.0. The number of hydrogen-bond donors (Lipinski definition) is 2. The normalized spacial score (nSPS) is 15.8. The Hall–Kier alpha value is -1.00. The van der Waals surface area contributed by atoms with E-state index in [2.05, 4.69) is 23.7 Å². The summed E-state index contributed by atoms with van der Waals surface area (Å²) in [6.45, 7) is 0.0945. The van der Waals surface area contributed by atoms with Crippen LogP contribution in [-0.4, -0.2) is 22.3 Å². The van der Waals surface area contributed by atoms with Gasteiger partial charge in [0, 0.05) is 41.9 Å². The molecular formula is C16H20Cl2N2O. The van der Waals surface area contributed by atoms with Crippen LogP contribution < -0.4 is 5.73 Å². The number of nitrogens with two attached hydrogens (primary N) is 1. The van der Waals surface area contributed by atoms with Crippen molar-refractivity contribution in [2.75, 3.05) is 6.61 Å². The highest BCUT2D eigenvalue weighted by Crippen LogP contribution is 2.41. The van der Waals surface area contributed by atoms with E-state index in [1.165, 1.54) is 16.6 Å². The topological polar surface area (TPSA) is 51.2 Å². The highest BCUT2D eigenvalue weighted by atomic mass is 35.5. The first kappa shape index (κ1) is 16.4. The molecule has 0 saturated heterocycles. The average molecular weight is 327 g/mol. The lowest BCUT2D eigenvalue weighted by Gasteiger charge is -2.23. The van der Waals surface area contributed by atoms with Gasteiger partial charge in [0.05, 0.1) is 5.03 Å². The molecule has 0 fully saturated rings. The van der Waals surface area contributed by atoms with Gasteiger partial charge in [0.2, 0.25) is 0 Å². The van der Waals surface area contributed by atoms with E-state index in [0.29, 0.717) is 6.42 Å². The predicted octanol–water partition coefficient (Wildman–Crippen LogP) is 3.21. The minimum absolute atomic E-state index is 0. The number of halogens is 2. The van der Waals surface area contributed by atoms with Crippen LogP contribution in [0, 0.1) is 0 Å². The molecule has 3 N–H and O–H groups in total. The molecular weight excluding hydrogens is 307 g/mol. The van der Waals surface area contributed by atoms with Crippen LogP contribution in [0.1, 0.15) is 24.1 Å². The standard InChI is InChI=1S/C16H19ClN2O.ClH/c1-19-13-5-3-2-4-11(13)15-14(19)7-6-10(16(15)17)12(18)8-9-20;/h2-5,12,20H,6-9,18H2,1H3;1H. The van der Waals surface area contributed by atoms with Crippen molar-refractivity contribution in [2.24, 2.45) is 12.8 Å². The maximum atomic E-state index is 9.07. The van der Waals surface area contributed by atoms with Gasteiger partial charge in [-0.1, -0.05) is 29.8 Å². The maximum Gasteiger partial charge on any atom is 0.0510 e. The van der Waals surface area contributed by atoms with Gasteiger partial charge in [-0.2, -0.15) is 0 Å². The van der Waals surface area contributed by atoms with Crippen LogP contribution >= 0.6 is 24.0 Å². The van der Waals surface area contributed by atoms with Gasteiger partial charge < -0.3 is 15.4 Å². The summed E-state index contributed by atoms with van der Waals surface area (Å²) in [5.41, 5.74) is 10.8. The van der Waals surface area contributed by atoms with Crippen molar-refractivity contribution in [1.29, 1.82) is 0 Å². The summed E-state index contributed by atoms with van der Waals surface area (Å²) in [4.78, 5) is 0. The number of aryl methyl sites for hydroxylation is 1. The Labute approximate surface area is 135 Å². The van der Waals surface area contributed by atoms with Gasteiger partial charge in [-0.05, 0) is 30.9 Å². The van der Waals surface area contributed by atoms with Crippen LogP contribution in [0.15, 0.2) is 29.8 Å². The van der Waals surface area contributed by atoms with Gasteiger partial charge >= 0.3 is 0 Å². The molecule has 1 heterocycles. The molecule has 1 aliphatic rings. The molecule has 1 atom stereocenters. The van der Waals surface area contributed by atoms with E-state index in [1.54, 1.807) is 0 Å². The van der Waals surface area contributed by atoms with Crippen LogP contribution in [0.3, 0.4) is 0 Å². The van der Waals surface area contributed by atoms with Gasteiger partial charge in [-0.15, -0.1) is 12.4 Å². The van der Waals surface area contributed by atoms with E-state index >= 15 is 0 Å². The van der Waals surface area contributed by atoms with Crippen LogP contribution in [0.25, 0.3) is 15.9 Å². The number of hydrogen-bond acceptors (Lipinski definition) is 2. The molecule has 1 aliphatic carbocycles. The summed E-state index contributed by atoms with van der Waals surface area (Å²) in [6.07, 6.45) is 2.38. The lowest BCUT2D eigenvalue weighted by Crippen LogP contribution is -2.26. The van der Waals surface area contributed by atoms with Crippen molar-refractivity contribution >= 4 is 39.9 Å². The van der Waals surface area contributed by atoms with E-state index in [-0.39, 0.29) is 25.1 Å². The maximum absolute atomic E-state index is 9.07. The van der Waals surface area contributed by atoms with Crippen molar-refractivity contribution in [3.05, 3.63) is 41.1 Å². The molecule has 0 aliphatic heterocycles. The number of nitrogens with zero attached hydrogens (tertiary/aromatic N) is 1. The average Bonchev–Trinajstić information content (AvgIpc) is 2.74. The molecule has 0 spiro atoms. The van der Waals surface area contributed by atoms with Gasteiger partial charge in [0.15, 0.2) is 0 Å². The van der Waals surface area contributed by atoms with Crippen molar-refractivity contribution in [3.63, 3.8) is 0 Å². The van der Waals surface area contributed by atoms with E-state index in [4.69, 9.17) is 22.4 Å². The molecule has 1 aromatic heterocycles. The van der Waals surface area contributed by atoms with Crippen LogP contribution in [0.4, 0.5) is 0 Å². The molecule has 0 radical (unpaired) electrons. The van der Waals surface area contributed by atoms with E-state index in [0.717, 1.165) is 29.0 Å². The molecule has 114 valence electrons. The Balaban J connectivity index is 0.00000161. The number of aromatic nitrogens is 1. The first-order valence-corrected chi connectivity index (χ1v) is 7.34. The Kier molecular flexibility index (Phi) is 4.99. The Morgan fingerprint density at radius 3 is 2.76 bits per heavy atom. The Morgan fingerprint density at radius 2 is 2.05 bits per heavy atom. The van der Waals surface area contributed by atoms with Crippen molar-refractivity contribution in [3.8, 4) is 0 Å². The third kappa shape index (κ3) is 2.59. The van der Waals surface area contributed by atoms with Gasteiger partial charge in [0.25, 0.3) is 0 Å².